The third-order valence-corrected chi connectivity index (χ3v) is 4.29. The zero-order chi connectivity index (χ0) is 17.1. The van der Waals surface area contributed by atoms with Gasteiger partial charge in [0, 0.05) is 11.8 Å². The fourth-order valence-electron chi connectivity index (χ4n) is 2.09. The number of hydrogen-bond acceptors (Lipinski definition) is 7. The van der Waals surface area contributed by atoms with Crippen LogP contribution >= 0.6 is 0 Å². The van der Waals surface area contributed by atoms with Crippen LogP contribution in [0, 0.1) is 13.8 Å². The molecule has 0 aliphatic rings. The largest absolute Gasteiger partial charge is 0.325 e. The van der Waals surface area contributed by atoms with Crippen LogP contribution in [0.15, 0.2) is 41.4 Å². The van der Waals surface area contributed by atoms with Gasteiger partial charge in [0.1, 0.15) is 11.6 Å². The van der Waals surface area contributed by atoms with Gasteiger partial charge in [-0.25, -0.2) is 13.4 Å². The smallest absolute Gasteiger partial charge is 0.229 e. The van der Waals surface area contributed by atoms with Gasteiger partial charge in [-0.2, -0.15) is 10.1 Å². The Balaban J connectivity index is 1.85. The molecule has 3 aromatic rings. The summed E-state index contributed by atoms with van der Waals surface area (Å²) in [4.78, 5) is 8.64. The summed E-state index contributed by atoms with van der Waals surface area (Å²) < 4.78 is 22.6. The zero-order valence-electron chi connectivity index (χ0n) is 13.1. The molecule has 2 heterocycles. The fourth-order valence-corrected chi connectivity index (χ4v) is 2.62. The lowest BCUT2D eigenvalue weighted by molar-refractivity contribution is 0.615. The summed E-state index contributed by atoms with van der Waals surface area (Å²) in [6.07, 6.45) is 1.58. The molecule has 0 aliphatic heterocycles. The number of aromatic amines is 1. The van der Waals surface area contributed by atoms with Crippen LogP contribution < -0.4 is 10.6 Å². The molecule has 0 radical (unpaired) electrons. The number of thiol groups is 1. The van der Waals surface area contributed by atoms with Gasteiger partial charge in [-0.1, -0.05) is 12.1 Å². The van der Waals surface area contributed by atoms with Gasteiger partial charge in [0.2, 0.25) is 5.95 Å². The molecule has 124 valence electrons. The van der Waals surface area contributed by atoms with Gasteiger partial charge in [0.15, 0.2) is 10.7 Å². The molecule has 0 bridgehead atoms. The van der Waals surface area contributed by atoms with Crippen LogP contribution in [-0.2, 0) is 10.7 Å². The number of nitrogens with zero attached hydrogens (tertiary/aromatic N) is 3. The van der Waals surface area contributed by atoms with Crippen molar-refractivity contribution in [1.82, 2.24) is 20.2 Å². The first-order chi connectivity index (χ1) is 11.5. The summed E-state index contributed by atoms with van der Waals surface area (Å²) in [7, 11) is -2.71. The second-order valence-electron chi connectivity index (χ2n) is 5.10. The number of anilines is 4. The highest BCUT2D eigenvalue weighted by Crippen LogP contribution is 2.22. The topological polar surface area (TPSA) is 113 Å². The first-order valence-corrected chi connectivity index (χ1v) is 8.34. The van der Waals surface area contributed by atoms with Gasteiger partial charge in [-0.15, -0.1) is 0 Å². The van der Waals surface area contributed by atoms with Crippen molar-refractivity contribution in [2.45, 2.75) is 18.7 Å². The number of aromatic nitrogens is 4. The fraction of sp³-hybridized carbons (Fsp3) is 0.133. The van der Waals surface area contributed by atoms with Crippen molar-refractivity contribution in [3.8, 4) is 0 Å². The standard InChI is InChI=1S/C15H16N6O2S/c1-9-10(2)20-21-14(9)18-13-7-8-16-15(19-13)17-11-5-3-4-6-12(11)24(22)23/h3-8,24H,1-2H3,(H3,16,17,18,19,20,21). The van der Waals surface area contributed by atoms with E-state index in [2.05, 4.69) is 30.8 Å². The number of rotatable bonds is 5. The Morgan fingerprint density at radius 2 is 1.88 bits per heavy atom. The van der Waals surface area contributed by atoms with Crippen LogP contribution in [0.5, 0.6) is 0 Å². The molecule has 0 unspecified atom stereocenters. The Hall–Kier alpha value is -2.94. The van der Waals surface area contributed by atoms with Gasteiger partial charge in [-0.3, -0.25) is 5.10 Å². The van der Waals surface area contributed by atoms with Gasteiger partial charge in [0.05, 0.1) is 16.3 Å². The lowest BCUT2D eigenvalue weighted by Crippen LogP contribution is -2.02. The summed E-state index contributed by atoms with van der Waals surface area (Å²) in [5.41, 5.74) is 2.33. The van der Waals surface area contributed by atoms with E-state index in [0.29, 0.717) is 11.5 Å². The Labute approximate surface area is 140 Å². The molecule has 0 saturated heterocycles. The molecule has 0 saturated carbocycles. The molecule has 9 heteroatoms. The second kappa shape index (κ2) is 6.67. The van der Waals surface area contributed by atoms with Crippen LogP contribution in [-0.4, -0.2) is 28.6 Å². The number of aryl methyl sites for hydroxylation is 1. The summed E-state index contributed by atoms with van der Waals surface area (Å²) in [5, 5.41) is 13.1. The van der Waals surface area contributed by atoms with Crippen molar-refractivity contribution in [2.24, 2.45) is 0 Å². The average Bonchev–Trinajstić information content (AvgIpc) is 2.88. The average molecular weight is 344 g/mol. The van der Waals surface area contributed by atoms with Gasteiger partial charge >= 0.3 is 0 Å². The highest BCUT2D eigenvalue weighted by atomic mass is 32.2. The Bertz CT molecular complexity index is 943. The minimum atomic E-state index is -2.71. The highest BCUT2D eigenvalue weighted by Gasteiger charge is 2.08. The van der Waals surface area contributed by atoms with Crippen LogP contribution in [0.3, 0.4) is 0 Å². The van der Waals surface area contributed by atoms with Crippen molar-refractivity contribution in [2.75, 3.05) is 10.6 Å². The maximum absolute atomic E-state index is 11.3. The van der Waals surface area contributed by atoms with E-state index in [1.54, 1.807) is 30.5 Å². The SMILES string of the molecule is Cc1n[nH]c(Nc2ccnc(Nc3ccccc3[SH](=O)=O)n2)c1C. The van der Waals surface area contributed by atoms with E-state index < -0.39 is 10.7 Å². The van der Waals surface area contributed by atoms with Crippen LogP contribution in [0.2, 0.25) is 0 Å². The minimum Gasteiger partial charge on any atom is -0.325 e. The first-order valence-electron chi connectivity index (χ1n) is 7.16. The molecular weight excluding hydrogens is 328 g/mol. The highest BCUT2D eigenvalue weighted by molar-refractivity contribution is 7.72. The Morgan fingerprint density at radius 1 is 1.08 bits per heavy atom. The molecule has 1 aromatic carbocycles. The van der Waals surface area contributed by atoms with Crippen molar-refractivity contribution >= 4 is 34.0 Å². The lowest BCUT2D eigenvalue weighted by Gasteiger charge is -2.09. The number of benzene rings is 1. The maximum Gasteiger partial charge on any atom is 0.229 e. The summed E-state index contributed by atoms with van der Waals surface area (Å²) in [5.74, 6) is 1.60. The van der Waals surface area contributed by atoms with E-state index in [1.165, 1.54) is 6.07 Å². The van der Waals surface area contributed by atoms with Crippen LogP contribution in [0.25, 0.3) is 0 Å². The molecular formula is C15H16N6O2S. The third kappa shape index (κ3) is 3.35. The Kier molecular flexibility index (Phi) is 4.43. The van der Waals surface area contributed by atoms with E-state index in [-0.39, 0.29) is 10.8 Å². The predicted octanol–water partition coefficient (Wildman–Crippen LogP) is 2.27. The third-order valence-electron chi connectivity index (χ3n) is 3.51. The molecule has 0 spiro atoms. The number of hydrogen-bond donors (Lipinski definition) is 4. The molecule has 3 rings (SSSR count). The second-order valence-corrected chi connectivity index (χ2v) is 6.09. The van der Waals surface area contributed by atoms with Crippen LogP contribution in [0.1, 0.15) is 11.3 Å². The molecule has 24 heavy (non-hydrogen) atoms. The van der Waals surface area contributed by atoms with E-state index in [4.69, 9.17) is 0 Å². The number of H-pyrrole nitrogens is 1. The molecule has 0 amide bonds. The zero-order valence-corrected chi connectivity index (χ0v) is 14.0. The van der Waals surface area contributed by atoms with Crippen molar-refractivity contribution < 1.29 is 8.42 Å². The van der Waals surface area contributed by atoms with E-state index in [9.17, 15) is 8.42 Å². The van der Waals surface area contributed by atoms with Crippen molar-refractivity contribution in [1.29, 1.82) is 0 Å². The summed E-state index contributed by atoms with van der Waals surface area (Å²) >= 11 is 0. The normalized spacial score (nSPS) is 10.8. The lowest BCUT2D eigenvalue weighted by atomic mass is 10.3. The van der Waals surface area contributed by atoms with Crippen molar-refractivity contribution in [3.05, 3.63) is 47.8 Å². The molecule has 0 atom stereocenters. The van der Waals surface area contributed by atoms with Gasteiger partial charge < -0.3 is 10.6 Å². The molecule has 3 N–H and O–H groups in total. The summed E-state index contributed by atoms with van der Waals surface area (Å²) in [6, 6.07) is 8.29. The quantitative estimate of drug-likeness (QED) is 0.525. The number of para-hydroxylation sites is 1. The number of nitrogens with one attached hydrogen (secondary N) is 3. The molecule has 8 nitrogen and oxygen atoms in total. The monoisotopic (exact) mass is 344 g/mol. The summed E-state index contributed by atoms with van der Waals surface area (Å²) in [6.45, 7) is 3.85. The van der Waals surface area contributed by atoms with Gasteiger partial charge in [0.25, 0.3) is 0 Å². The maximum atomic E-state index is 11.3. The van der Waals surface area contributed by atoms with E-state index >= 15 is 0 Å². The van der Waals surface area contributed by atoms with Crippen LogP contribution in [0.4, 0.5) is 23.3 Å². The Morgan fingerprint density at radius 3 is 2.58 bits per heavy atom. The molecule has 0 aliphatic carbocycles. The van der Waals surface area contributed by atoms with E-state index in [1.807, 2.05) is 13.8 Å². The predicted molar refractivity (Wildman–Crippen MR) is 91.7 cm³/mol. The van der Waals surface area contributed by atoms with Crippen molar-refractivity contribution in [3.63, 3.8) is 0 Å². The van der Waals surface area contributed by atoms with Gasteiger partial charge in [-0.05, 0) is 32.0 Å². The minimum absolute atomic E-state index is 0.189. The molecule has 2 aromatic heterocycles. The molecule has 0 fully saturated rings. The first kappa shape index (κ1) is 15.9. The van der Waals surface area contributed by atoms with E-state index in [0.717, 1.165) is 17.1 Å².